The largest absolute Gasteiger partial charge is 0.494 e. The molecule has 0 bridgehead atoms. The summed E-state index contributed by atoms with van der Waals surface area (Å²) in [6.07, 6.45) is -4.33. The summed E-state index contributed by atoms with van der Waals surface area (Å²) >= 11 is 0. The molecule has 0 fully saturated rings. The van der Waals surface area contributed by atoms with E-state index in [-0.39, 0.29) is 6.54 Å². The number of fused-ring (bicyclic) bond motifs is 1. The van der Waals surface area contributed by atoms with Gasteiger partial charge in [-0.25, -0.2) is 0 Å². The summed E-state index contributed by atoms with van der Waals surface area (Å²) in [6, 6.07) is 6.17. The average molecular weight is 257 g/mol. The van der Waals surface area contributed by atoms with E-state index in [1.54, 1.807) is 25.1 Å². The summed E-state index contributed by atoms with van der Waals surface area (Å²) in [5.74, 6) is 0.590. The predicted octanol–water partition coefficient (Wildman–Crippen LogP) is 4.08. The van der Waals surface area contributed by atoms with Crippen molar-refractivity contribution in [3.8, 4) is 5.75 Å². The summed E-state index contributed by atoms with van der Waals surface area (Å²) in [4.78, 5) is 0. The van der Waals surface area contributed by atoms with Crippen molar-refractivity contribution in [2.75, 3.05) is 6.61 Å². The first kappa shape index (κ1) is 12.8. The molecule has 1 aromatic carbocycles. The van der Waals surface area contributed by atoms with E-state index in [0.29, 0.717) is 23.3 Å². The van der Waals surface area contributed by atoms with Crippen molar-refractivity contribution in [1.29, 1.82) is 0 Å². The minimum atomic E-state index is -4.33. The lowest BCUT2D eigenvalue weighted by atomic mass is 10.2. The van der Waals surface area contributed by atoms with E-state index in [0.717, 1.165) is 0 Å². The maximum atomic E-state index is 12.9. The van der Waals surface area contributed by atoms with Gasteiger partial charge in [-0.15, -0.1) is 0 Å². The van der Waals surface area contributed by atoms with Crippen molar-refractivity contribution in [2.24, 2.45) is 0 Å². The molecule has 18 heavy (non-hydrogen) atoms. The lowest BCUT2D eigenvalue weighted by Gasteiger charge is -2.10. The molecule has 0 aliphatic rings. The summed E-state index contributed by atoms with van der Waals surface area (Å²) in [5.41, 5.74) is -0.0399. The first-order chi connectivity index (χ1) is 8.47. The predicted molar refractivity (Wildman–Crippen MR) is 63.8 cm³/mol. The highest BCUT2D eigenvalue weighted by molar-refractivity contribution is 5.83. The molecular formula is C13H14F3NO. The van der Waals surface area contributed by atoms with E-state index in [1.807, 2.05) is 6.92 Å². The van der Waals surface area contributed by atoms with Crippen molar-refractivity contribution in [1.82, 2.24) is 4.57 Å². The Labute approximate surface area is 103 Å². The fraction of sp³-hybridized carbons (Fsp3) is 0.385. The highest BCUT2D eigenvalue weighted by atomic mass is 19.4. The van der Waals surface area contributed by atoms with E-state index in [2.05, 4.69) is 0 Å². The van der Waals surface area contributed by atoms with Crippen molar-refractivity contribution in [3.63, 3.8) is 0 Å². The first-order valence-electron chi connectivity index (χ1n) is 5.80. The molecule has 0 aliphatic carbocycles. The lowest BCUT2D eigenvalue weighted by molar-refractivity contribution is -0.143. The Hall–Kier alpha value is -1.65. The van der Waals surface area contributed by atoms with Crippen LogP contribution in [0.5, 0.6) is 5.75 Å². The van der Waals surface area contributed by atoms with Gasteiger partial charge < -0.3 is 9.30 Å². The molecule has 0 atom stereocenters. The van der Waals surface area contributed by atoms with Crippen LogP contribution >= 0.6 is 0 Å². The molecule has 0 aliphatic heterocycles. The van der Waals surface area contributed by atoms with Gasteiger partial charge in [-0.3, -0.25) is 0 Å². The highest BCUT2D eigenvalue weighted by Gasteiger charge is 2.34. The Morgan fingerprint density at radius 1 is 1.17 bits per heavy atom. The van der Waals surface area contributed by atoms with Gasteiger partial charge in [0, 0.05) is 17.4 Å². The fourth-order valence-electron chi connectivity index (χ4n) is 2.08. The average Bonchev–Trinajstić information content (AvgIpc) is 2.67. The number of aromatic nitrogens is 1. The molecular weight excluding hydrogens is 243 g/mol. The molecule has 2 aromatic rings. The summed E-state index contributed by atoms with van der Waals surface area (Å²) in [5, 5.41) is 0.551. The normalized spacial score (nSPS) is 12.1. The van der Waals surface area contributed by atoms with Gasteiger partial charge in [0.05, 0.1) is 6.61 Å². The maximum Gasteiger partial charge on any atom is 0.431 e. The van der Waals surface area contributed by atoms with Crippen molar-refractivity contribution in [2.45, 2.75) is 26.6 Å². The minimum Gasteiger partial charge on any atom is -0.494 e. The second kappa shape index (κ2) is 4.55. The molecule has 0 saturated carbocycles. The van der Waals surface area contributed by atoms with E-state index >= 15 is 0 Å². The Kier molecular flexibility index (Phi) is 3.24. The van der Waals surface area contributed by atoms with Gasteiger partial charge in [-0.1, -0.05) is 0 Å². The van der Waals surface area contributed by atoms with Gasteiger partial charge in [0.2, 0.25) is 0 Å². The third kappa shape index (κ3) is 2.17. The van der Waals surface area contributed by atoms with E-state index < -0.39 is 11.9 Å². The van der Waals surface area contributed by atoms with Gasteiger partial charge in [0.25, 0.3) is 0 Å². The smallest absolute Gasteiger partial charge is 0.431 e. The number of aryl methyl sites for hydroxylation is 1. The van der Waals surface area contributed by atoms with Crippen LogP contribution in [0, 0.1) is 0 Å². The number of hydrogen-bond acceptors (Lipinski definition) is 1. The molecule has 0 amide bonds. The van der Waals surface area contributed by atoms with Crippen molar-refractivity contribution in [3.05, 3.63) is 30.0 Å². The monoisotopic (exact) mass is 257 g/mol. The van der Waals surface area contributed by atoms with Crippen LogP contribution in [0.1, 0.15) is 19.5 Å². The zero-order valence-electron chi connectivity index (χ0n) is 10.2. The molecule has 0 spiro atoms. The van der Waals surface area contributed by atoms with Crippen LogP contribution < -0.4 is 4.74 Å². The molecule has 1 heterocycles. The van der Waals surface area contributed by atoms with E-state index in [1.165, 1.54) is 10.6 Å². The van der Waals surface area contributed by atoms with Gasteiger partial charge in [-0.2, -0.15) is 13.2 Å². The molecule has 5 heteroatoms. The van der Waals surface area contributed by atoms with Crippen LogP contribution in [0.4, 0.5) is 13.2 Å². The quantitative estimate of drug-likeness (QED) is 0.808. The van der Waals surface area contributed by atoms with Crippen molar-refractivity contribution >= 4 is 10.9 Å². The van der Waals surface area contributed by atoms with E-state index in [4.69, 9.17) is 4.74 Å². The number of nitrogens with zero attached hydrogens (tertiary/aromatic N) is 1. The number of hydrogen-bond donors (Lipinski definition) is 0. The van der Waals surface area contributed by atoms with Gasteiger partial charge in [0.1, 0.15) is 11.4 Å². The Morgan fingerprint density at radius 2 is 1.89 bits per heavy atom. The lowest BCUT2D eigenvalue weighted by Crippen LogP contribution is -2.12. The summed E-state index contributed by atoms with van der Waals surface area (Å²) in [6.45, 7) is 4.31. The minimum absolute atomic E-state index is 0.284. The number of ether oxygens (including phenoxy) is 1. The molecule has 0 saturated heterocycles. The second-order valence-electron chi connectivity index (χ2n) is 3.93. The van der Waals surface area contributed by atoms with Crippen LogP contribution in [0.15, 0.2) is 24.3 Å². The number of rotatable bonds is 3. The van der Waals surface area contributed by atoms with Crippen LogP contribution in [0.3, 0.4) is 0 Å². The van der Waals surface area contributed by atoms with Crippen LogP contribution in [0.25, 0.3) is 10.9 Å². The third-order valence-corrected chi connectivity index (χ3v) is 2.79. The van der Waals surface area contributed by atoms with Gasteiger partial charge >= 0.3 is 6.18 Å². The number of halogens is 3. The van der Waals surface area contributed by atoms with Crippen molar-refractivity contribution < 1.29 is 17.9 Å². The molecule has 1 aromatic heterocycles. The standard InChI is InChI=1S/C13H14F3NO/c1-3-17-11-6-5-10(18-4-2)7-9(11)8-12(17)13(14,15)16/h5-8H,3-4H2,1-2H3. The second-order valence-corrected chi connectivity index (χ2v) is 3.93. The Balaban J connectivity index is 2.61. The topological polar surface area (TPSA) is 14.2 Å². The molecule has 0 N–H and O–H groups in total. The van der Waals surface area contributed by atoms with Crippen LogP contribution in [0.2, 0.25) is 0 Å². The van der Waals surface area contributed by atoms with E-state index in [9.17, 15) is 13.2 Å². The molecule has 98 valence electrons. The van der Waals surface area contributed by atoms with Crippen LogP contribution in [-0.2, 0) is 12.7 Å². The molecule has 2 rings (SSSR count). The third-order valence-electron chi connectivity index (χ3n) is 2.79. The number of alkyl halides is 3. The SMILES string of the molecule is CCOc1ccc2c(c1)cc(C(F)(F)F)n2CC. The van der Waals surface area contributed by atoms with Gasteiger partial charge in [-0.05, 0) is 38.1 Å². The van der Waals surface area contributed by atoms with Crippen LogP contribution in [-0.4, -0.2) is 11.2 Å². The summed E-state index contributed by atoms with van der Waals surface area (Å²) < 4.78 is 45.2. The Morgan fingerprint density at radius 3 is 2.44 bits per heavy atom. The maximum absolute atomic E-state index is 12.9. The molecule has 0 unspecified atom stereocenters. The summed E-state index contributed by atoms with van der Waals surface area (Å²) in [7, 11) is 0. The molecule has 2 nitrogen and oxygen atoms in total. The Bertz CT molecular complexity index is 557. The zero-order chi connectivity index (χ0) is 13.3. The fourth-order valence-corrected chi connectivity index (χ4v) is 2.08. The number of benzene rings is 1. The first-order valence-corrected chi connectivity index (χ1v) is 5.80. The zero-order valence-corrected chi connectivity index (χ0v) is 10.2. The van der Waals surface area contributed by atoms with Gasteiger partial charge in [0.15, 0.2) is 0 Å². The molecule has 0 radical (unpaired) electrons. The highest BCUT2D eigenvalue weighted by Crippen LogP contribution is 2.35.